The zero-order chi connectivity index (χ0) is 17.4. The molecular weight excluding hydrogens is 316 g/mol. The van der Waals surface area contributed by atoms with Crippen LogP contribution in [-0.4, -0.2) is 26.5 Å². The summed E-state index contributed by atoms with van der Waals surface area (Å²) < 4.78 is 12.8. The summed E-state index contributed by atoms with van der Waals surface area (Å²) >= 11 is 0. The minimum atomic E-state index is 0.263. The molecule has 0 aliphatic carbocycles. The maximum atomic E-state index is 5.48. The third-order valence-electron chi connectivity index (χ3n) is 4.23. The van der Waals surface area contributed by atoms with Crippen molar-refractivity contribution in [1.29, 1.82) is 0 Å². The number of pyridine rings is 1. The molecule has 0 unspecified atom stereocenters. The first-order valence-electron chi connectivity index (χ1n) is 8.37. The lowest BCUT2D eigenvalue weighted by Crippen LogP contribution is -2.06. The van der Waals surface area contributed by atoms with Gasteiger partial charge in [0, 0.05) is 24.7 Å². The zero-order valence-electron chi connectivity index (χ0n) is 14.6. The van der Waals surface area contributed by atoms with Gasteiger partial charge >= 0.3 is 0 Å². The lowest BCUT2D eigenvalue weighted by atomic mass is 10.1. The van der Waals surface area contributed by atoms with Gasteiger partial charge in [-0.15, -0.1) is 0 Å². The topological polar surface area (TPSA) is 62.1 Å². The van der Waals surface area contributed by atoms with Crippen molar-refractivity contribution in [2.75, 3.05) is 6.79 Å². The third-order valence-corrected chi connectivity index (χ3v) is 4.23. The van der Waals surface area contributed by atoms with Crippen LogP contribution in [0.1, 0.15) is 42.5 Å². The highest BCUT2D eigenvalue weighted by Crippen LogP contribution is 2.33. The second-order valence-electron chi connectivity index (χ2n) is 6.48. The molecular formula is C19H20N4O2. The van der Waals surface area contributed by atoms with E-state index in [1.807, 2.05) is 42.1 Å². The van der Waals surface area contributed by atoms with Gasteiger partial charge in [0.15, 0.2) is 17.3 Å². The van der Waals surface area contributed by atoms with E-state index in [2.05, 4.69) is 18.8 Å². The second-order valence-corrected chi connectivity index (χ2v) is 6.48. The van der Waals surface area contributed by atoms with Crippen LogP contribution in [0.5, 0.6) is 11.5 Å². The van der Waals surface area contributed by atoms with E-state index < -0.39 is 0 Å². The normalized spacial score (nSPS) is 12.8. The van der Waals surface area contributed by atoms with Crippen molar-refractivity contribution in [3.63, 3.8) is 0 Å². The molecule has 3 aromatic rings. The molecule has 0 fully saturated rings. The molecule has 128 valence electrons. The molecule has 0 radical (unpaired) electrons. The number of rotatable bonds is 4. The van der Waals surface area contributed by atoms with Crippen molar-refractivity contribution in [3.8, 4) is 17.2 Å². The maximum Gasteiger partial charge on any atom is 0.231 e. The van der Waals surface area contributed by atoms with E-state index in [4.69, 9.17) is 19.6 Å². The fourth-order valence-corrected chi connectivity index (χ4v) is 2.85. The van der Waals surface area contributed by atoms with Crippen molar-refractivity contribution in [3.05, 3.63) is 59.4 Å². The van der Waals surface area contributed by atoms with Gasteiger partial charge in [-0.05, 0) is 36.2 Å². The number of hydrogen-bond acceptors (Lipinski definition) is 5. The van der Waals surface area contributed by atoms with Crippen molar-refractivity contribution in [2.45, 2.75) is 33.1 Å². The quantitative estimate of drug-likeness (QED) is 0.730. The largest absolute Gasteiger partial charge is 0.454 e. The number of ether oxygens (including phenoxy) is 2. The summed E-state index contributed by atoms with van der Waals surface area (Å²) in [5, 5.41) is 4.73. The molecule has 3 heterocycles. The summed E-state index contributed by atoms with van der Waals surface area (Å²) in [4.78, 5) is 8.95. The van der Waals surface area contributed by atoms with E-state index in [9.17, 15) is 0 Å². The van der Waals surface area contributed by atoms with Crippen LogP contribution in [0.15, 0.2) is 36.7 Å². The molecule has 25 heavy (non-hydrogen) atoms. The van der Waals surface area contributed by atoms with Crippen molar-refractivity contribution in [2.24, 2.45) is 0 Å². The molecule has 0 spiro atoms. The third kappa shape index (κ3) is 2.95. The highest BCUT2D eigenvalue weighted by atomic mass is 16.7. The van der Waals surface area contributed by atoms with Gasteiger partial charge in [-0.2, -0.15) is 5.10 Å². The molecule has 4 rings (SSSR count). The molecule has 2 aromatic heterocycles. The first kappa shape index (κ1) is 15.6. The monoisotopic (exact) mass is 336 g/mol. The van der Waals surface area contributed by atoms with Crippen LogP contribution in [0, 0.1) is 6.92 Å². The summed E-state index contributed by atoms with van der Waals surface area (Å²) in [6.07, 6.45) is 4.29. The predicted molar refractivity (Wildman–Crippen MR) is 93.4 cm³/mol. The molecule has 0 N–H and O–H groups in total. The van der Waals surface area contributed by atoms with E-state index in [0.29, 0.717) is 6.42 Å². The lowest BCUT2D eigenvalue weighted by Gasteiger charge is -2.09. The van der Waals surface area contributed by atoms with Gasteiger partial charge in [0.25, 0.3) is 0 Å². The smallest absolute Gasteiger partial charge is 0.231 e. The Hall–Kier alpha value is -2.89. The van der Waals surface area contributed by atoms with Crippen LogP contribution in [0.25, 0.3) is 5.69 Å². The van der Waals surface area contributed by atoms with Crippen molar-refractivity contribution in [1.82, 2.24) is 19.7 Å². The average Bonchev–Trinajstić information content (AvgIpc) is 3.22. The highest BCUT2D eigenvalue weighted by Gasteiger charge is 2.18. The van der Waals surface area contributed by atoms with Crippen LogP contribution >= 0.6 is 0 Å². The first-order valence-corrected chi connectivity index (χ1v) is 8.37. The fraction of sp³-hybridized carbons (Fsp3) is 0.316. The molecule has 0 bridgehead atoms. The average molecular weight is 336 g/mol. The molecule has 1 aliphatic heterocycles. The van der Waals surface area contributed by atoms with Crippen LogP contribution in [-0.2, 0) is 6.42 Å². The maximum absolute atomic E-state index is 5.48. The van der Waals surface area contributed by atoms with Crippen molar-refractivity contribution < 1.29 is 9.47 Å². The summed E-state index contributed by atoms with van der Waals surface area (Å²) in [6.45, 7) is 6.51. The standard InChI is InChI=1S/C19H20N4O2/c1-12(2)19-21-18(23(22-19)15-6-7-20-10-13(15)3)9-14-4-5-16-17(8-14)25-11-24-16/h4-8,10,12H,9,11H2,1-3H3. The number of benzene rings is 1. The fourth-order valence-electron chi connectivity index (χ4n) is 2.85. The Bertz CT molecular complexity index is 918. The number of aryl methyl sites for hydroxylation is 1. The molecule has 6 heteroatoms. The number of aromatic nitrogens is 4. The Balaban J connectivity index is 1.74. The van der Waals surface area contributed by atoms with Gasteiger partial charge in [0.05, 0.1) is 5.69 Å². The summed E-state index contributed by atoms with van der Waals surface area (Å²) in [6, 6.07) is 7.97. The zero-order valence-corrected chi connectivity index (χ0v) is 14.6. The van der Waals surface area contributed by atoms with Crippen LogP contribution in [0.4, 0.5) is 0 Å². The van der Waals surface area contributed by atoms with Gasteiger partial charge in [-0.1, -0.05) is 19.9 Å². The minimum absolute atomic E-state index is 0.263. The molecule has 0 saturated heterocycles. The Morgan fingerprint density at radius 2 is 2.00 bits per heavy atom. The van der Waals surface area contributed by atoms with Gasteiger partial charge in [-0.25, -0.2) is 9.67 Å². The van der Waals surface area contributed by atoms with Crippen LogP contribution < -0.4 is 9.47 Å². The summed E-state index contributed by atoms with van der Waals surface area (Å²) in [7, 11) is 0. The summed E-state index contributed by atoms with van der Waals surface area (Å²) in [5.41, 5.74) is 3.18. The Morgan fingerprint density at radius 3 is 2.80 bits per heavy atom. The summed E-state index contributed by atoms with van der Waals surface area (Å²) in [5.74, 6) is 3.58. The molecule has 0 saturated carbocycles. The Kier molecular flexibility index (Phi) is 3.87. The van der Waals surface area contributed by atoms with Crippen LogP contribution in [0.3, 0.4) is 0 Å². The molecule has 1 aliphatic rings. The van der Waals surface area contributed by atoms with E-state index >= 15 is 0 Å². The predicted octanol–water partition coefficient (Wildman–Crippen LogP) is 3.41. The number of nitrogens with zero attached hydrogens (tertiary/aromatic N) is 4. The highest BCUT2D eigenvalue weighted by molar-refractivity contribution is 5.45. The van der Waals surface area contributed by atoms with Gasteiger partial charge in [0.2, 0.25) is 6.79 Å². The van der Waals surface area contributed by atoms with E-state index in [-0.39, 0.29) is 12.7 Å². The molecule has 0 amide bonds. The first-order chi connectivity index (χ1) is 12.1. The molecule has 1 aromatic carbocycles. The minimum Gasteiger partial charge on any atom is -0.454 e. The Labute approximate surface area is 146 Å². The number of fused-ring (bicyclic) bond motifs is 1. The Morgan fingerprint density at radius 1 is 1.16 bits per heavy atom. The van der Waals surface area contributed by atoms with Crippen LogP contribution in [0.2, 0.25) is 0 Å². The van der Waals surface area contributed by atoms with Gasteiger partial charge < -0.3 is 9.47 Å². The molecule has 0 atom stereocenters. The molecule has 6 nitrogen and oxygen atoms in total. The SMILES string of the molecule is Cc1cnccc1-n1nc(C(C)C)nc1Cc1ccc2c(c1)OCO2. The van der Waals surface area contributed by atoms with E-state index in [1.54, 1.807) is 6.20 Å². The lowest BCUT2D eigenvalue weighted by molar-refractivity contribution is 0.174. The van der Waals surface area contributed by atoms with Gasteiger partial charge in [0.1, 0.15) is 5.82 Å². The van der Waals surface area contributed by atoms with E-state index in [1.165, 1.54) is 0 Å². The van der Waals surface area contributed by atoms with Gasteiger partial charge in [-0.3, -0.25) is 4.98 Å². The van der Waals surface area contributed by atoms with E-state index in [0.717, 1.165) is 40.0 Å². The number of hydrogen-bond donors (Lipinski definition) is 0. The van der Waals surface area contributed by atoms with Crippen molar-refractivity contribution >= 4 is 0 Å². The second kappa shape index (κ2) is 6.20.